The second kappa shape index (κ2) is 7.37. The van der Waals surface area contributed by atoms with Crippen LogP contribution in [0.15, 0.2) is 30.6 Å². The van der Waals surface area contributed by atoms with Gasteiger partial charge in [-0.1, -0.05) is 0 Å². The summed E-state index contributed by atoms with van der Waals surface area (Å²) in [5, 5.41) is 5.17. The van der Waals surface area contributed by atoms with Gasteiger partial charge in [0.2, 0.25) is 5.88 Å². The van der Waals surface area contributed by atoms with E-state index >= 15 is 0 Å². The third-order valence-corrected chi connectivity index (χ3v) is 6.96. The first-order valence-corrected chi connectivity index (χ1v) is 11.9. The maximum Gasteiger partial charge on any atom is 0.340 e. The predicted molar refractivity (Wildman–Crippen MR) is 128 cm³/mol. The van der Waals surface area contributed by atoms with Crippen molar-refractivity contribution in [3.8, 4) is 5.88 Å². The first-order valence-electron chi connectivity index (χ1n) is 11.9. The maximum absolute atomic E-state index is 12.3. The minimum Gasteiger partial charge on any atom is -0.474 e. The summed E-state index contributed by atoms with van der Waals surface area (Å²) in [4.78, 5) is 26.2. The number of esters is 1. The highest BCUT2D eigenvalue weighted by atomic mass is 16.6. The molecule has 1 atom stereocenters. The highest BCUT2D eigenvalue weighted by Gasteiger charge is 2.41. The van der Waals surface area contributed by atoms with Crippen LogP contribution in [0.4, 0.5) is 11.6 Å². The first kappa shape index (κ1) is 21.3. The maximum atomic E-state index is 12.3. The van der Waals surface area contributed by atoms with Gasteiger partial charge in [0.05, 0.1) is 16.6 Å². The quantitative estimate of drug-likeness (QED) is 0.522. The van der Waals surface area contributed by atoms with E-state index < -0.39 is 11.1 Å². The van der Waals surface area contributed by atoms with Crippen LogP contribution in [0.1, 0.15) is 68.1 Å². The summed E-state index contributed by atoms with van der Waals surface area (Å²) in [6.45, 7) is 5.87. The van der Waals surface area contributed by atoms with Gasteiger partial charge in [-0.2, -0.15) is 0 Å². The first-order chi connectivity index (χ1) is 16.2. The van der Waals surface area contributed by atoms with Gasteiger partial charge in [0, 0.05) is 24.4 Å². The summed E-state index contributed by atoms with van der Waals surface area (Å²) in [7, 11) is 0. The van der Waals surface area contributed by atoms with Gasteiger partial charge in [-0.05, 0) is 81.5 Å². The Hall–Kier alpha value is -3.26. The molecule has 3 aromatic rings. The average molecular weight is 460 g/mol. The number of ether oxygens (including phenoxy) is 2. The van der Waals surface area contributed by atoms with Crippen molar-refractivity contribution in [3.63, 3.8) is 0 Å². The van der Waals surface area contributed by atoms with Gasteiger partial charge in [-0.15, -0.1) is 0 Å². The Bertz CT molecular complexity index is 1310. The molecule has 3 aliphatic rings. The number of nitrogens with two attached hydrogens (primary N) is 1. The number of hydrogen-bond donors (Lipinski definition) is 2. The van der Waals surface area contributed by atoms with Crippen molar-refractivity contribution in [1.82, 2.24) is 15.0 Å². The van der Waals surface area contributed by atoms with Crippen LogP contribution in [0, 0.1) is 5.92 Å². The van der Waals surface area contributed by atoms with E-state index in [1.165, 1.54) is 0 Å². The van der Waals surface area contributed by atoms with Crippen molar-refractivity contribution in [2.75, 3.05) is 5.32 Å². The fourth-order valence-electron chi connectivity index (χ4n) is 4.72. The smallest absolute Gasteiger partial charge is 0.340 e. The third-order valence-electron chi connectivity index (χ3n) is 6.96. The number of anilines is 2. The van der Waals surface area contributed by atoms with Crippen molar-refractivity contribution in [2.24, 2.45) is 11.7 Å². The molecule has 0 aromatic carbocycles. The number of fused-ring (bicyclic) bond motifs is 2. The zero-order valence-electron chi connectivity index (χ0n) is 19.7. The number of nitrogens with one attached hydrogen (secondary N) is 1. The molecule has 4 heterocycles. The van der Waals surface area contributed by atoms with E-state index in [2.05, 4.69) is 22.2 Å². The van der Waals surface area contributed by atoms with Crippen LogP contribution in [0.2, 0.25) is 0 Å². The molecule has 34 heavy (non-hydrogen) atoms. The largest absolute Gasteiger partial charge is 0.474 e. The van der Waals surface area contributed by atoms with Crippen LogP contribution in [0.3, 0.4) is 0 Å². The van der Waals surface area contributed by atoms with E-state index in [-0.39, 0.29) is 12.1 Å². The molecule has 8 heteroatoms. The molecule has 2 fully saturated rings. The van der Waals surface area contributed by atoms with E-state index in [9.17, 15) is 4.79 Å². The predicted octanol–water partition coefficient (Wildman–Crippen LogP) is 4.39. The summed E-state index contributed by atoms with van der Waals surface area (Å²) in [6, 6.07) is 5.53. The fraction of sp³-hybridized carbons (Fsp3) is 0.462. The van der Waals surface area contributed by atoms with Crippen molar-refractivity contribution < 1.29 is 14.3 Å². The lowest BCUT2D eigenvalue weighted by molar-refractivity contribution is -0.00714. The van der Waals surface area contributed by atoms with Crippen molar-refractivity contribution >= 4 is 28.4 Å². The van der Waals surface area contributed by atoms with Crippen LogP contribution in [0.25, 0.3) is 10.8 Å². The molecule has 8 nitrogen and oxygen atoms in total. The zero-order valence-corrected chi connectivity index (χ0v) is 19.7. The number of cyclic esters (lactones) is 1. The fourth-order valence-corrected chi connectivity index (χ4v) is 4.72. The van der Waals surface area contributed by atoms with Crippen LogP contribution < -0.4 is 15.8 Å². The molecule has 2 aliphatic carbocycles. The molecular formula is C26H29N5O3. The Labute approximate surface area is 198 Å². The molecule has 0 unspecified atom stereocenters. The van der Waals surface area contributed by atoms with E-state index in [0.29, 0.717) is 35.4 Å². The Balaban J connectivity index is 1.38. The van der Waals surface area contributed by atoms with Gasteiger partial charge in [-0.3, -0.25) is 0 Å². The highest BCUT2D eigenvalue weighted by molar-refractivity contribution is 5.93. The molecule has 6 rings (SSSR count). The Morgan fingerprint density at radius 3 is 2.65 bits per heavy atom. The number of aromatic nitrogens is 3. The number of carbonyl (C=O) groups excluding carboxylic acids is 1. The summed E-state index contributed by atoms with van der Waals surface area (Å²) in [5.74, 6) is 1.99. The van der Waals surface area contributed by atoms with E-state index in [0.717, 1.165) is 47.7 Å². The van der Waals surface area contributed by atoms with Crippen molar-refractivity contribution in [1.29, 1.82) is 0 Å². The summed E-state index contributed by atoms with van der Waals surface area (Å²) < 4.78 is 11.5. The molecule has 0 radical (unpaired) electrons. The Morgan fingerprint density at radius 2 is 1.91 bits per heavy atom. The van der Waals surface area contributed by atoms with Gasteiger partial charge in [0.15, 0.2) is 0 Å². The second-order valence-corrected chi connectivity index (χ2v) is 10.6. The number of pyridine rings is 3. The standard InChI is InChI=1S/C26H29N5O3/c1-25(2)11-20-16(24(32)34-25)8-9-21(30-20)31-22-10-17-18(12-28-22)23(33-15-6-7-15)29-13-19(17)26(3,27)14-4-5-14/h8-10,12-15H,4-7,11,27H2,1-3H3,(H,28,30,31)/t26-/m1/s1. The van der Waals surface area contributed by atoms with Gasteiger partial charge in [0.1, 0.15) is 23.3 Å². The lowest BCUT2D eigenvalue weighted by Gasteiger charge is -2.30. The van der Waals surface area contributed by atoms with Crippen LogP contribution in [-0.4, -0.2) is 32.6 Å². The molecule has 2 saturated carbocycles. The molecule has 3 aromatic heterocycles. The summed E-state index contributed by atoms with van der Waals surface area (Å²) in [5.41, 5.74) is 7.99. The lowest BCUT2D eigenvalue weighted by atomic mass is 9.86. The van der Waals surface area contributed by atoms with Gasteiger partial charge in [-0.25, -0.2) is 19.7 Å². The van der Waals surface area contributed by atoms with Crippen LogP contribution >= 0.6 is 0 Å². The Kier molecular flexibility index (Phi) is 4.61. The summed E-state index contributed by atoms with van der Waals surface area (Å²) >= 11 is 0. The monoisotopic (exact) mass is 459 g/mol. The molecule has 0 spiro atoms. The Morgan fingerprint density at radius 1 is 1.12 bits per heavy atom. The number of rotatable bonds is 6. The average Bonchev–Trinajstić information content (AvgIpc) is 3.66. The molecular weight excluding hydrogens is 430 g/mol. The molecule has 3 N–H and O–H groups in total. The number of nitrogens with zero attached hydrogens (tertiary/aromatic N) is 3. The topological polar surface area (TPSA) is 112 Å². The number of carbonyl (C=O) groups is 1. The van der Waals surface area contributed by atoms with Crippen LogP contribution in [-0.2, 0) is 16.7 Å². The van der Waals surface area contributed by atoms with Crippen LogP contribution in [0.5, 0.6) is 5.88 Å². The molecule has 0 bridgehead atoms. The third kappa shape index (κ3) is 3.86. The molecule has 1 aliphatic heterocycles. The zero-order chi connectivity index (χ0) is 23.7. The van der Waals surface area contributed by atoms with Gasteiger partial charge >= 0.3 is 5.97 Å². The van der Waals surface area contributed by atoms with E-state index in [4.69, 9.17) is 20.2 Å². The minimum absolute atomic E-state index is 0.239. The number of hydrogen-bond acceptors (Lipinski definition) is 8. The molecule has 0 amide bonds. The van der Waals surface area contributed by atoms with Crippen molar-refractivity contribution in [2.45, 2.75) is 70.1 Å². The summed E-state index contributed by atoms with van der Waals surface area (Å²) in [6.07, 6.45) is 8.83. The molecule has 0 saturated heterocycles. The minimum atomic E-state index is -0.578. The normalized spacial score (nSPS) is 20.9. The van der Waals surface area contributed by atoms with E-state index in [1.54, 1.807) is 18.3 Å². The molecule has 176 valence electrons. The second-order valence-electron chi connectivity index (χ2n) is 10.6. The highest BCUT2D eigenvalue weighted by Crippen LogP contribution is 2.46. The van der Waals surface area contributed by atoms with Crippen molar-refractivity contribution in [3.05, 3.63) is 47.4 Å². The van der Waals surface area contributed by atoms with E-state index in [1.807, 2.05) is 26.1 Å². The lowest BCUT2D eigenvalue weighted by Crippen LogP contribution is -2.36. The SMILES string of the molecule is CC1(C)Cc2nc(Nc3cc4c([C@](C)(N)C5CC5)cnc(OC5CC5)c4cn3)ccc2C(=O)O1. The van der Waals surface area contributed by atoms with Gasteiger partial charge in [0.25, 0.3) is 0 Å². The van der Waals surface area contributed by atoms with Gasteiger partial charge < -0.3 is 20.5 Å².